The van der Waals surface area contributed by atoms with E-state index < -0.39 is 5.91 Å². The highest BCUT2D eigenvalue weighted by atomic mass is 19.1. The number of nitrogens with zero attached hydrogens (tertiary/aromatic N) is 2. The number of aromatic nitrogens is 1. The van der Waals surface area contributed by atoms with Crippen molar-refractivity contribution in [3.05, 3.63) is 54.3 Å². The van der Waals surface area contributed by atoms with E-state index in [0.29, 0.717) is 37.7 Å². The summed E-state index contributed by atoms with van der Waals surface area (Å²) >= 11 is 0. The molecule has 3 aromatic rings. The van der Waals surface area contributed by atoms with Crippen molar-refractivity contribution in [1.29, 1.82) is 0 Å². The largest absolute Gasteiger partial charge is 0.484 e. The van der Waals surface area contributed by atoms with Gasteiger partial charge in [0.05, 0.1) is 0 Å². The number of benzene rings is 2. The first-order valence-corrected chi connectivity index (χ1v) is 9.66. The van der Waals surface area contributed by atoms with Crippen LogP contribution in [0.1, 0.15) is 12.8 Å². The molecule has 1 aliphatic rings. The molecule has 1 saturated heterocycles. The standard InChI is InChI=1S/C21H21FN4O4/c22-15-5-7-16(8-6-15)29-13-19(27)24-25-20(28)14-9-11-26(12-10-14)21-23-17-3-1-2-4-18(17)30-21/h1-8,14H,9-13H2,(H,24,27)(H,25,28). The number of halogens is 1. The van der Waals surface area contributed by atoms with Crippen LogP contribution in [0.15, 0.2) is 52.9 Å². The second-order valence-electron chi connectivity index (χ2n) is 7.01. The van der Waals surface area contributed by atoms with Gasteiger partial charge in [-0.25, -0.2) is 4.39 Å². The van der Waals surface area contributed by atoms with Gasteiger partial charge in [-0.05, 0) is 49.2 Å². The molecular formula is C21H21FN4O4. The predicted molar refractivity (Wildman–Crippen MR) is 107 cm³/mol. The lowest BCUT2D eigenvalue weighted by atomic mass is 9.96. The quantitative estimate of drug-likeness (QED) is 0.625. The summed E-state index contributed by atoms with van der Waals surface area (Å²) in [7, 11) is 0. The molecular weight excluding hydrogens is 391 g/mol. The first kappa shape index (κ1) is 19.7. The lowest BCUT2D eigenvalue weighted by Crippen LogP contribution is -2.48. The van der Waals surface area contributed by atoms with E-state index in [1.165, 1.54) is 24.3 Å². The summed E-state index contributed by atoms with van der Waals surface area (Å²) in [5.41, 5.74) is 6.32. The second kappa shape index (κ2) is 8.81. The van der Waals surface area contributed by atoms with Gasteiger partial charge in [-0.15, -0.1) is 0 Å². The molecule has 30 heavy (non-hydrogen) atoms. The Kier molecular flexibility index (Phi) is 5.78. The summed E-state index contributed by atoms with van der Waals surface area (Å²) in [6.07, 6.45) is 1.24. The van der Waals surface area contributed by atoms with Crippen molar-refractivity contribution in [1.82, 2.24) is 15.8 Å². The number of carbonyl (C=O) groups is 2. The molecule has 0 bridgehead atoms. The van der Waals surface area contributed by atoms with E-state index in [9.17, 15) is 14.0 Å². The van der Waals surface area contributed by atoms with Gasteiger partial charge in [0.15, 0.2) is 12.2 Å². The molecule has 0 aliphatic carbocycles. The topological polar surface area (TPSA) is 96.7 Å². The van der Waals surface area contributed by atoms with E-state index in [1.807, 2.05) is 29.2 Å². The number of anilines is 1. The van der Waals surface area contributed by atoms with Gasteiger partial charge in [0.2, 0.25) is 5.91 Å². The average molecular weight is 412 g/mol. The minimum Gasteiger partial charge on any atom is -0.484 e. The Morgan fingerprint density at radius 1 is 1.10 bits per heavy atom. The first-order chi connectivity index (χ1) is 14.6. The molecule has 2 heterocycles. The molecule has 9 heteroatoms. The number of nitrogens with one attached hydrogen (secondary N) is 2. The Hall–Kier alpha value is -3.62. The van der Waals surface area contributed by atoms with Gasteiger partial charge >= 0.3 is 0 Å². The SMILES string of the molecule is O=C(COc1ccc(F)cc1)NNC(=O)C1CCN(c2nc3ccccc3o2)CC1. The molecule has 2 aromatic carbocycles. The fourth-order valence-electron chi connectivity index (χ4n) is 3.28. The lowest BCUT2D eigenvalue weighted by Gasteiger charge is -2.30. The van der Waals surface area contributed by atoms with Crippen molar-refractivity contribution in [3.63, 3.8) is 0 Å². The Bertz CT molecular complexity index is 996. The monoisotopic (exact) mass is 412 g/mol. The number of hydrazine groups is 1. The van der Waals surface area contributed by atoms with Crippen LogP contribution in [0.25, 0.3) is 11.1 Å². The number of oxazole rings is 1. The number of hydrogen-bond acceptors (Lipinski definition) is 6. The molecule has 0 unspecified atom stereocenters. The Labute approximate surface area is 172 Å². The third-order valence-electron chi connectivity index (χ3n) is 4.93. The summed E-state index contributed by atoms with van der Waals surface area (Å²) in [4.78, 5) is 30.7. The number of amides is 2. The van der Waals surface area contributed by atoms with Gasteiger partial charge in [-0.2, -0.15) is 4.98 Å². The number of piperidine rings is 1. The number of ether oxygens (including phenoxy) is 1. The van der Waals surface area contributed by atoms with Crippen LogP contribution in [0.5, 0.6) is 5.75 Å². The van der Waals surface area contributed by atoms with Crippen LogP contribution < -0.4 is 20.5 Å². The molecule has 0 spiro atoms. The number of rotatable bonds is 5. The maximum Gasteiger partial charge on any atom is 0.298 e. The van der Waals surface area contributed by atoms with Crippen molar-refractivity contribution in [3.8, 4) is 5.75 Å². The van der Waals surface area contributed by atoms with Crippen molar-refractivity contribution in [2.45, 2.75) is 12.8 Å². The van der Waals surface area contributed by atoms with Gasteiger partial charge in [0.25, 0.3) is 11.9 Å². The molecule has 0 radical (unpaired) electrons. The third-order valence-corrected chi connectivity index (χ3v) is 4.93. The summed E-state index contributed by atoms with van der Waals surface area (Å²) in [6, 6.07) is 13.4. The zero-order valence-electron chi connectivity index (χ0n) is 16.1. The van der Waals surface area contributed by atoms with E-state index in [1.54, 1.807) is 0 Å². The fraction of sp³-hybridized carbons (Fsp3) is 0.286. The van der Waals surface area contributed by atoms with Crippen molar-refractivity contribution in [2.75, 3.05) is 24.6 Å². The summed E-state index contributed by atoms with van der Waals surface area (Å²) in [5, 5.41) is 0. The van der Waals surface area contributed by atoms with Crippen LogP contribution in [0, 0.1) is 11.7 Å². The number of carbonyl (C=O) groups excluding carboxylic acids is 2. The highest BCUT2D eigenvalue weighted by Gasteiger charge is 2.27. The average Bonchev–Trinajstić information content (AvgIpc) is 3.21. The number of fused-ring (bicyclic) bond motifs is 1. The normalized spacial score (nSPS) is 14.5. The Morgan fingerprint density at radius 3 is 2.57 bits per heavy atom. The minimum absolute atomic E-state index is 0.219. The zero-order chi connectivity index (χ0) is 20.9. The molecule has 1 fully saturated rings. The van der Waals surface area contributed by atoms with Crippen LogP contribution in [0.3, 0.4) is 0 Å². The first-order valence-electron chi connectivity index (χ1n) is 9.66. The summed E-state index contributed by atoms with van der Waals surface area (Å²) in [5.74, 6) is -0.992. The molecule has 156 valence electrons. The van der Waals surface area contributed by atoms with E-state index in [-0.39, 0.29) is 24.2 Å². The molecule has 2 N–H and O–H groups in total. The highest BCUT2D eigenvalue weighted by Crippen LogP contribution is 2.26. The Morgan fingerprint density at radius 2 is 1.83 bits per heavy atom. The predicted octanol–water partition coefficient (Wildman–Crippen LogP) is 2.41. The fourth-order valence-corrected chi connectivity index (χ4v) is 3.28. The van der Waals surface area contributed by atoms with E-state index >= 15 is 0 Å². The van der Waals surface area contributed by atoms with Crippen molar-refractivity contribution < 1.29 is 23.1 Å². The lowest BCUT2D eigenvalue weighted by molar-refractivity contribution is -0.132. The smallest absolute Gasteiger partial charge is 0.298 e. The molecule has 1 aliphatic heterocycles. The van der Waals surface area contributed by atoms with Gasteiger partial charge < -0.3 is 14.1 Å². The Balaban J connectivity index is 1.20. The summed E-state index contributed by atoms with van der Waals surface area (Å²) in [6.45, 7) is 0.973. The minimum atomic E-state index is -0.503. The molecule has 1 aromatic heterocycles. The van der Waals surface area contributed by atoms with Gasteiger partial charge in [0.1, 0.15) is 17.1 Å². The molecule has 0 saturated carbocycles. The maximum absolute atomic E-state index is 12.8. The summed E-state index contributed by atoms with van der Waals surface area (Å²) < 4.78 is 23.9. The van der Waals surface area contributed by atoms with E-state index in [2.05, 4.69) is 15.8 Å². The van der Waals surface area contributed by atoms with Crippen molar-refractivity contribution in [2.24, 2.45) is 5.92 Å². The van der Waals surface area contributed by atoms with Crippen LogP contribution >= 0.6 is 0 Å². The molecule has 4 rings (SSSR count). The van der Waals surface area contributed by atoms with Crippen LogP contribution in [-0.4, -0.2) is 36.5 Å². The van der Waals surface area contributed by atoms with Crippen LogP contribution in [-0.2, 0) is 9.59 Å². The number of para-hydroxylation sites is 2. The van der Waals surface area contributed by atoms with Gasteiger partial charge in [-0.3, -0.25) is 20.4 Å². The van der Waals surface area contributed by atoms with Crippen molar-refractivity contribution >= 4 is 28.9 Å². The van der Waals surface area contributed by atoms with Gasteiger partial charge in [-0.1, -0.05) is 12.1 Å². The maximum atomic E-state index is 12.8. The zero-order valence-corrected chi connectivity index (χ0v) is 16.1. The number of hydrogen-bond donors (Lipinski definition) is 2. The van der Waals surface area contributed by atoms with E-state index in [4.69, 9.17) is 9.15 Å². The van der Waals surface area contributed by atoms with Crippen LogP contribution in [0.2, 0.25) is 0 Å². The van der Waals surface area contributed by atoms with Gasteiger partial charge in [0, 0.05) is 19.0 Å². The second-order valence-corrected chi connectivity index (χ2v) is 7.01. The van der Waals surface area contributed by atoms with Crippen LogP contribution in [0.4, 0.5) is 10.4 Å². The molecule has 0 atom stereocenters. The third kappa shape index (κ3) is 4.68. The highest BCUT2D eigenvalue weighted by molar-refractivity contribution is 5.84. The molecule has 2 amide bonds. The van der Waals surface area contributed by atoms with E-state index in [0.717, 1.165) is 11.1 Å². The molecule has 8 nitrogen and oxygen atoms in total.